The molecule has 1 aromatic rings. The summed E-state index contributed by atoms with van der Waals surface area (Å²) in [5.41, 5.74) is 3.67. The van der Waals surface area contributed by atoms with E-state index in [-0.39, 0.29) is 4.90 Å². The van der Waals surface area contributed by atoms with Gasteiger partial charge in [-0.2, -0.15) is 0 Å². The van der Waals surface area contributed by atoms with Gasteiger partial charge < -0.3 is 19.9 Å². The summed E-state index contributed by atoms with van der Waals surface area (Å²) in [7, 11) is -2.37. The van der Waals surface area contributed by atoms with Crippen molar-refractivity contribution in [1.29, 1.82) is 0 Å². The van der Waals surface area contributed by atoms with E-state index in [0.29, 0.717) is 0 Å². The van der Waals surface area contributed by atoms with Crippen LogP contribution in [-0.2, 0) is 15.9 Å². The van der Waals surface area contributed by atoms with Gasteiger partial charge in [-0.25, -0.2) is 0 Å². The standard InChI is InChI=1S/C24H38N2O4/c1-14(2)9-17-13-26-8-7-16-10-21(28-5)22(29-6)11-18(16)19(26)12-20(17)30-24(27)23(25)15(3)4/h10-11,14-15,17,19-20,23H,7-9,12-13,25H2,1-6H3/t17?,19?,20?,23-/m0/s1/i6D3,7D2,8D2,10D,11D,12D2,13D2,17D,19D. The fourth-order valence-electron chi connectivity index (χ4n) is 3.03. The predicted molar refractivity (Wildman–Crippen MR) is 118 cm³/mol. The molecule has 0 spiro atoms. The van der Waals surface area contributed by atoms with E-state index < -0.39 is 116 Å². The third kappa shape index (κ3) is 4.75. The molecular formula is C24H38N2O4. The predicted octanol–water partition coefficient (Wildman–Crippen LogP) is 3.56. The molecule has 1 fully saturated rings. The van der Waals surface area contributed by atoms with Crippen LogP contribution in [-0.4, -0.2) is 50.2 Å². The lowest BCUT2D eigenvalue weighted by Gasteiger charge is -2.47. The van der Waals surface area contributed by atoms with Crippen LogP contribution in [0.2, 0.25) is 0 Å². The van der Waals surface area contributed by atoms with Crippen molar-refractivity contribution in [1.82, 2.24) is 4.90 Å². The number of hydrogen-bond acceptors (Lipinski definition) is 6. The summed E-state index contributed by atoms with van der Waals surface area (Å²) in [6.45, 7) is -1.07. The number of methoxy groups -OCH3 is 2. The van der Waals surface area contributed by atoms with E-state index in [2.05, 4.69) is 0 Å². The maximum atomic E-state index is 13.2. The zero-order valence-electron chi connectivity index (χ0n) is 32.7. The van der Waals surface area contributed by atoms with Crippen molar-refractivity contribution < 1.29 is 39.6 Å². The fourth-order valence-corrected chi connectivity index (χ4v) is 3.03. The Balaban J connectivity index is 2.63. The number of esters is 1. The second kappa shape index (κ2) is 9.56. The van der Waals surface area contributed by atoms with Crippen LogP contribution in [0.1, 0.15) is 78.2 Å². The molecule has 3 unspecified atom stereocenters. The average Bonchev–Trinajstić information content (AvgIpc) is 2.84. The lowest BCUT2D eigenvalue weighted by Crippen LogP contribution is -2.51. The lowest BCUT2D eigenvalue weighted by molar-refractivity contribution is -0.160. The van der Waals surface area contributed by atoms with Gasteiger partial charge in [-0.3, -0.25) is 9.69 Å². The maximum Gasteiger partial charge on any atom is 0.323 e. The van der Waals surface area contributed by atoms with Crippen LogP contribution in [0.25, 0.3) is 0 Å². The van der Waals surface area contributed by atoms with E-state index >= 15 is 0 Å². The summed E-state index contributed by atoms with van der Waals surface area (Å²) in [5.74, 6) is -7.21. The highest BCUT2D eigenvalue weighted by Gasteiger charge is 2.41. The molecule has 4 atom stereocenters. The first-order chi connectivity index (χ1) is 20.0. The van der Waals surface area contributed by atoms with E-state index in [9.17, 15) is 13.0 Å². The molecule has 30 heavy (non-hydrogen) atoms. The second-order valence-electron chi connectivity index (χ2n) is 7.85. The Kier molecular flexibility index (Phi) is 3.26. The number of fused-ring (bicyclic) bond motifs is 3. The molecule has 3 rings (SSSR count). The summed E-state index contributed by atoms with van der Waals surface area (Å²) in [6.07, 6.45) is -10.2. The minimum atomic E-state index is -3.72. The number of hydrogen-bond donors (Lipinski definition) is 1. The van der Waals surface area contributed by atoms with Crippen LogP contribution in [0.4, 0.5) is 0 Å². The Morgan fingerprint density at radius 1 is 1.37 bits per heavy atom. The molecule has 168 valence electrons. The van der Waals surface area contributed by atoms with Crippen LogP contribution in [0, 0.1) is 17.7 Å². The maximum absolute atomic E-state index is 13.2. The first-order valence-electron chi connectivity index (χ1n) is 17.2. The van der Waals surface area contributed by atoms with Crippen molar-refractivity contribution in [2.75, 3.05) is 27.1 Å². The van der Waals surface area contributed by atoms with E-state index in [1.165, 1.54) is 0 Å². The number of nitrogens with two attached hydrogens (primary N) is 1. The van der Waals surface area contributed by atoms with E-state index in [4.69, 9.17) is 32.3 Å². The molecular weight excluding hydrogens is 380 g/mol. The highest BCUT2D eigenvalue weighted by molar-refractivity contribution is 5.76. The van der Waals surface area contributed by atoms with E-state index in [1.807, 2.05) is 0 Å². The molecule has 0 amide bonds. The third-order valence-electron chi connectivity index (χ3n) is 4.68. The largest absolute Gasteiger partial charge is 0.493 e. The lowest BCUT2D eigenvalue weighted by atomic mass is 9.79. The number of rotatable bonds is 7. The van der Waals surface area contributed by atoms with Gasteiger partial charge in [0.15, 0.2) is 11.5 Å². The molecule has 0 aliphatic carbocycles. The van der Waals surface area contributed by atoms with Gasteiger partial charge in [0.25, 0.3) is 0 Å². The summed E-state index contributed by atoms with van der Waals surface area (Å²) in [4.78, 5) is 13.0. The van der Waals surface area contributed by atoms with Crippen molar-refractivity contribution in [3.8, 4) is 11.5 Å². The van der Waals surface area contributed by atoms with Crippen LogP contribution in [0.5, 0.6) is 11.5 Å². The van der Waals surface area contributed by atoms with Crippen molar-refractivity contribution in [3.63, 3.8) is 0 Å². The second-order valence-corrected chi connectivity index (χ2v) is 7.85. The number of carbonyl (C=O) groups is 1. The van der Waals surface area contributed by atoms with Gasteiger partial charge >= 0.3 is 5.97 Å². The highest BCUT2D eigenvalue weighted by Crippen LogP contribution is 2.44. The van der Waals surface area contributed by atoms with Gasteiger partial charge in [-0.05, 0) is 47.8 Å². The summed E-state index contributed by atoms with van der Waals surface area (Å²) >= 11 is 0. The molecule has 1 saturated heterocycles. The number of nitrogens with zero attached hydrogens (tertiary/aromatic N) is 1. The number of carbonyl (C=O) groups excluding carboxylic acids is 1. The number of piperidine rings is 1. The van der Waals surface area contributed by atoms with Gasteiger partial charge in [0.2, 0.25) is 0 Å². The monoisotopic (exact) mass is 433 g/mol. The molecule has 2 aliphatic heterocycles. The molecule has 2 N–H and O–H groups in total. The van der Waals surface area contributed by atoms with Crippen LogP contribution in [0.3, 0.4) is 0 Å². The normalized spacial score (nSPS) is 44.3. The molecule has 1 aromatic carbocycles. The first-order valence-corrected chi connectivity index (χ1v) is 9.69. The Morgan fingerprint density at radius 3 is 2.73 bits per heavy atom. The minimum absolute atomic E-state index is 0.138. The van der Waals surface area contributed by atoms with Crippen molar-refractivity contribution in [3.05, 3.63) is 23.2 Å². The zero-order chi connectivity index (χ0) is 35.3. The average molecular weight is 434 g/mol. The molecule has 6 nitrogen and oxygen atoms in total. The van der Waals surface area contributed by atoms with E-state index in [1.54, 1.807) is 27.7 Å². The van der Waals surface area contributed by atoms with Gasteiger partial charge in [0.1, 0.15) is 12.1 Å². The van der Waals surface area contributed by atoms with E-state index in [0.717, 1.165) is 7.11 Å². The molecule has 6 heteroatoms. The molecule has 2 aliphatic rings. The highest BCUT2D eigenvalue weighted by atomic mass is 16.5. The Morgan fingerprint density at radius 2 is 2.10 bits per heavy atom. The summed E-state index contributed by atoms with van der Waals surface area (Å²) < 4.78 is 147. The summed E-state index contributed by atoms with van der Waals surface area (Å²) in [5, 5.41) is 0. The smallest absolute Gasteiger partial charge is 0.323 e. The van der Waals surface area contributed by atoms with Gasteiger partial charge in [0.05, 0.1) is 22.4 Å². The minimum Gasteiger partial charge on any atom is -0.493 e. The van der Waals surface area contributed by atoms with Gasteiger partial charge in [-0.15, -0.1) is 0 Å². The van der Waals surface area contributed by atoms with Crippen molar-refractivity contribution in [2.24, 2.45) is 23.5 Å². The number of benzene rings is 1. The Hall–Kier alpha value is -1.79. The van der Waals surface area contributed by atoms with Crippen LogP contribution in [0.15, 0.2) is 12.1 Å². The SMILES string of the molecule is [2H]c1c(OC)c(OC([2H])([2H])[2H])c([2H])c2c1C([2H])([2H])C([2H])([2H])N1C([2H])([2H])C([2H])(CC(C)C)C(OC(=O)[C@@H](N)C(C)C)C([2H])([2H])C21[2H]. The van der Waals surface area contributed by atoms with Gasteiger partial charge in [-0.1, -0.05) is 27.7 Å². The Bertz CT molecular complexity index is 1350. The third-order valence-corrected chi connectivity index (χ3v) is 4.68. The van der Waals surface area contributed by atoms with Gasteiger partial charge in [0, 0.05) is 43.6 Å². The summed E-state index contributed by atoms with van der Waals surface area (Å²) in [6, 6.07) is -7.27. The van der Waals surface area contributed by atoms with Crippen LogP contribution < -0.4 is 15.2 Å². The van der Waals surface area contributed by atoms with Crippen molar-refractivity contribution >= 4 is 5.97 Å². The number of ether oxygens (including phenoxy) is 3. The first kappa shape index (κ1) is 10.2. The fraction of sp³-hybridized carbons (Fsp3) is 0.708. The Labute approximate surface area is 202 Å². The molecule has 0 saturated carbocycles. The molecule has 0 bridgehead atoms. The molecule has 0 aromatic heterocycles. The molecule has 2 heterocycles. The zero-order valence-corrected chi connectivity index (χ0v) is 17.7. The molecule has 0 radical (unpaired) electrons. The van der Waals surface area contributed by atoms with Crippen LogP contribution >= 0.6 is 0 Å². The van der Waals surface area contributed by atoms with Crippen molar-refractivity contribution in [2.45, 2.75) is 65.0 Å². The topological polar surface area (TPSA) is 74.0 Å². The quantitative estimate of drug-likeness (QED) is 0.663.